The Labute approximate surface area is 179 Å². The maximum atomic E-state index is 13.4. The molecule has 0 fully saturated rings. The summed E-state index contributed by atoms with van der Waals surface area (Å²) < 4.78 is 21.1. The molecular weight excluding hydrogens is 411 g/mol. The van der Waals surface area contributed by atoms with Gasteiger partial charge in [0.25, 0.3) is 0 Å². The van der Waals surface area contributed by atoms with Crippen molar-refractivity contribution >= 4 is 23.4 Å². The largest absolute Gasteiger partial charge is 0.494 e. The topological polar surface area (TPSA) is 43.2 Å². The van der Waals surface area contributed by atoms with Crippen molar-refractivity contribution in [3.63, 3.8) is 0 Å². The van der Waals surface area contributed by atoms with Crippen molar-refractivity contribution in [2.75, 3.05) is 26.5 Å². The molecule has 29 heavy (non-hydrogen) atoms. The summed E-state index contributed by atoms with van der Waals surface area (Å²) in [5, 5.41) is 10.3. The van der Waals surface area contributed by atoms with Crippen molar-refractivity contribution in [1.29, 1.82) is 0 Å². The van der Waals surface area contributed by atoms with Crippen molar-refractivity contribution in [3.05, 3.63) is 65.2 Å². The first kappa shape index (κ1) is 21.6. The van der Waals surface area contributed by atoms with Gasteiger partial charge in [-0.05, 0) is 76.0 Å². The number of aromatic nitrogens is 3. The highest BCUT2D eigenvalue weighted by Gasteiger charge is 2.20. The summed E-state index contributed by atoms with van der Waals surface area (Å²) in [6.45, 7) is 2.67. The molecule has 2 aromatic carbocycles. The lowest BCUT2D eigenvalue weighted by molar-refractivity contribution is 0.305. The molecule has 0 bridgehead atoms. The van der Waals surface area contributed by atoms with Crippen LogP contribution in [0.15, 0.2) is 53.7 Å². The van der Waals surface area contributed by atoms with Crippen molar-refractivity contribution < 1.29 is 9.13 Å². The molecule has 0 spiro atoms. The van der Waals surface area contributed by atoms with Crippen molar-refractivity contribution in [2.24, 2.45) is 0 Å². The Bertz CT molecular complexity index is 915. The Hall–Kier alpha value is -2.09. The van der Waals surface area contributed by atoms with E-state index in [1.165, 1.54) is 12.1 Å². The number of benzene rings is 2. The molecule has 154 valence electrons. The first-order valence-electron chi connectivity index (χ1n) is 9.34. The molecule has 0 radical (unpaired) electrons. The number of thioether (sulfide) groups is 1. The summed E-state index contributed by atoms with van der Waals surface area (Å²) >= 11 is 7.49. The maximum absolute atomic E-state index is 13.4. The third kappa shape index (κ3) is 5.72. The van der Waals surface area contributed by atoms with Crippen LogP contribution in [0.4, 0.5) is 4.39 Å². The average Bonchev–Trinajstić information content (AvgIpc) is 3.12. The van der Waals surface area contributed by atoms with E-state index in [1.54, 1.807) is 23.9 Å². The number of nitrogens with zero attached hydrogens (tertiary/aromatic N) is 4. The van der Waals surface area contributed by atoms with Gasteiger partial charge in [-0.1, -0.05) is 23.4 Å². The summed E-state index contributed by atoms with van der Waals surface area (Å²) in [6.07, 6.45) is 0.849. The fraction of sp³-hybridized carbons (Fsp3) is 0.333. The van der Waals surface area contributed by atoms with E-state index in [0.717, 1.165) is 34.6 Å². The van der Waals surface area contributed by atoms with E-state index >= 15 is 0 Å². The van der Waals surface area contributed by atoms with Crippen LogP contribution in [0.3, 0.4) is 0 Å². The minimum atomic E-state index is -0.266. The molecule has 0 amide bonds. The van der Waals surface area contributed by atoms with Crippen LogP contribution in [-0.4, -0.2) is 46.1 Å². The number of hydrogen-bond donors (Lipinski definition) is 0. The molecule has 3 aromatic rings. The summed E-state index contributed by atoms with van der Waals surface area (Å²) in [6, 6.07) is 13.8. The van der Waals surface area contributed by atoms with Crippen molar-refractivity contribution in [3.8, 4) is 11.4 Å². The maximum Gasteiger partial charge on any atom is 0.195 e. The smallest absolute Gasteiger partial charge is 0.195 e. The quantitative estimate of drug-likeness (QED) is 0.340. The SMILES string of the molecule is C[C@H](c1nnc(SCCCOc2ccc(Cl)cc2)n1-c1ccc(F)cc1)N(C)C. The summed E-state index contributed by atoms with van der Waals surface area (Å²) in [5.74, 6) is 2.18. The fourth-order valence-electron chi connectivity index (χ4n) is 2.65. The fourth-order valence-corrected chi connectivity index (χ4v) is 3.65. The molecule has 0 aliphatic heterocycles. The molecule has 0 saturated heterocycles. The predicted molar refractivity (Wildman–Crippen MR) is 116 cm³/mol. The molecule has 1 aromatic heterocycles. The van der Waals surface area contributed by atoms with Crippen LogP contribution in [0.5, 0.6) is 5.75 Å². The minimum absolute atomic E-state index is 0.0649. The predicted octanol–water partition coefficient (Wildman–Crippen LogP) is 5.24. The van der Waals surface area contributed by atoms with Gasteiger partial charge < -0.3 is 4.74 Å². The van der Waals surface area contributed by atoms with Crippen LogP contribution in [-0.2, 0) is 0 Å². The van der Waals surface area contributed by atoms with Gasteiger partial charge in [0, 0.05) is 16.5 Å². The third-order valence-corrected chi connectivity index (χ3v) is 5.76. The lowest BCUT2D eigenvalue weighted by Gasteiger charge is -2.20. The number of hydrogen-bond acceptors (Lipinski definition) is 5. The Kier molecular flexibility index (Phi) is 7.52. The average molecular weight is 435 g/mol. The van der Waals surface area contributed by atoms with Gasteiger partial charge in [0.15, 0.2) is 11.0 Å². The van der Waals surface area contributed by atoms with E-state index in [4.69, 9.17) is 16.3 Å². The monoisotopic (exact) mass is 434 g/mol. The highest BCUT2D eigenvalue weighted by molar-refractivity contribution is 7.99. The van der Waals surface area contributed by atoms with Crippen LogP contribution in [0, 0.1) is 5.82 Å². The van der Waals surface area contributed by atoms with Gasteiger partial charge in [-0.15, -0.1) is 10.2 Å². The molecule has 0 N–H and O–H groups in total. The zero-order chi connectivity index (χ0) is 20.8. The second-order valence-corrected chi connectivity index (χ2v) is 8.30. The van der Waals surface area contributed by atoms with Gasteiger partial charge in [-0.3, -0.25) is 9.47 Å². The summed E-state index contributed by atoms with van der Waals surface area (Å²) in [7, 11) is 3.99. The molecule has 0 saturated carbocycles. The lowest BCUT2D eigenvalue weighted by Crippen LogP contribution is -2.20. The highest BCUT2D eigenvalue weighted by Crippen LogP contribution is 2.27. The highest BCUT2D eigenvalue weighted by atomic mass is 35.5. The van der Waals surface area contributed by atoms with E-state index in [-0.39, 0.29) is 11.9 Å². The van der Waals surface area contributed by atoms with Crippen LogP contribution >= 0.6 is 23.4 Å². The molecule has 8 heteroatoms. The second kappa shape index (κ2) is 10.1. The van der Waals surface area contributed by atoms with Crippen LogP contribution < -0.4 is 4.74 Å². The molecule has 0 aliphatic rings. The van der Waals surface area contributed by atoms with E-state index in [9.17, 15) is 4.39 Å². The molecule has 1 atom stereocenters. The first-order valence-corrected chi connectivity index (χ1v) is 10.7. The molecule has 0 aliphatic carbocycles. The number of halogens is 2. The second-order valence-electron chi connectivity index (χ2n) is 6.80. The molecule has 0 unspecified atom stereocenters. The van der Waals surface area contributed by atoms with E-state index in [2.05, 4.69) is 22.0 Å². The van der Waals surface area contributed by atoms with E-state index < -0.39 is 0 Å². The lowest BCUT2D eigenvalue weighted by atomic mass is 10.2. The normalized spacial score (nSPS) is 12.3. The number of ether oxygens (including phenoxy) is 1. The van der Waals surface area contributed by atoms with Gasteiger partial charge in [0.05, 0.1) is 12.6 Å². The zero-order valence-corrected chi connectivity index (χ0v) is 18.3. The minimum Gasteiger partial charge on any atom is -0.494 e. The van der Waals surface area contributed by atoms with Crippen LogP contribution in [0.1, 0.15) is 25.2 Å². The van der Waals surface area contributed by atoms with Gasteiger partial charge in [-0.25, -0.2) is 4.39 Å². The Morgan fingerprint density at radius 3 is 2.45 bits per heavy atom. The van der Waals surface area contributed by atoms with E-state index in [0.29, 0.717) is 11.6 Å². The Morgan fingerprint density at radius 2 is 1.79 bits per heavy atom. The Balaban J connectivity index is 1.66. The zero-order valence-electron chi connectivity index (χ0n) is 16.7. The van der Waals surface area contributed by atoms with Crippen molar-refractivity contribution in [2.45, 2.75) is 24.5 Å². The summed E-state index contributed by atoms with van der Waals surface area (Å²) in [4.78, 5) is 2.07. The standard InChI is InChI=1S/C21H24ClFN4OS/c1-15(26(2)3)20-24-25-21(27(20)18-9-7-17(23)8-10-18)29-14-4-13-28-19-11-5-16(22)6-12-19/h5-12,15H,4,13-14H2,1-3H3/t15-/m1/s1. The molecular formula is C21H24ClFN4OS. The van der Waals surface area contributed by atoms with Gasteiger partial charge >= 0.3 is 0 Å². The van der Waals surface area contributed by atoms with Gasteiger partial charge in [0.1, 0.15) is 11.6 Å². The van der Waals surface area contributed by atoms with Crippen molar-refractivity contribution in [1.82, 2.24) is 19.7 Å². The first-order chi connectivity index (χ1) is 14.0. The molecule has 1 heterocycles. The van der Waals surface area contributed by atoms with Gasteiger partial charge in [0.2, 0.25) is 0 Å². The Morgan fingerprint density at radius 1 is 1.10 bits per heavy atom. The summed E-state index contributed by atoms with van der Waals surface area (Å²) in [5.41, 5.74) is 0.847. The molecule has 5 nitrogen and oxygen atoms in total. The van der Waals surface area contributed by atoms with Gasteiger partial charge in [-0.2, -0.15) is 0 Å². The van der Waals surface area contributed by atoms with E-state index in [1.807, 2.05) is 42.9 Å². The third-order valence-electron chi connectivity index (χ3n) is 4.49. The number of rotatable bonds is 9. The van der Waals surface area contributed by atoms with Crippen LogP contribution in [0.25, 0.3) is 5.69 Å². The van der Waals surface area contributed by atoms with Crippen LogP contribution in [0.2, 0.25) is 5.02 Å². The molecule has 3 rings (SSSR count).